The lowest BCUT2D eigenvalue weighted by Gasteiger charge is -2.28. The standard InChI is InChI=1S/C28H30ClFN6O/c1-16-2-3-17(15-37)10-22(16)18-11-26-27(34-21-7-5-20(31)6-8-21)23(13-33-36(26)14-18)28(32)35-25-12-19(30)4-9-24(25)29/h2-4,9-14,20-21,34,37H,5-8,15,31H2,1H3,(H2,32,35)/t20-,21-. The first-order valence-corrected chi connectivity index (χ1v) is 12.7. The Bertz CT molecular complexity index is 1480. The summed E-state index contributed by atoms with van der Waals surface area (Å²) in [6.45, 7) is 2.00. The van der Waals surface area contributed by atoms with Crippen LogP contribution >= 0.6 is 11.6 Å². The molecule has 0 amide bonds. The molecule has 0 unspecified atom stereocenters. The summed E-state index contributed by atoms with van der Waals surface area (Å²) in [6, 6.07) is 12.4. The van der Waals surface area contributed by atoms with E-state index < -0.39 is 5.82 Å². The van der Waals surface area contributed by atoms with Gasteiger partial charge in [0.15, 0.2) is 0 Å². The second-order valence-corrected chi connectivity index (χ2v) is 10.1. The zero-order chi connectivity index (χ0) is 26.1. The third-order valence-electron chi connectivity index (χ3n) is 6.98. The molecule has 2 aromatic heterocycles. The summed E-state index contributed by atoms with van der Waals surface area (Å²) in [5.41, 5.74) is 19.0. The van der Waals surface area contributed by atoms with E-state index in [1.165, 1.54) is 18.2 Å². The molecule has 0 atom stereocenters. The number of aliphatic hydroxyl groups excluding tert-OH is 1. The maximum atomic E-state index is 13.9. The van der Waals surface area contributed by atoms with Crippen LogP contribution in [0, 0.1) is 12.7 Å². The number of hydrogen-bond donors (Lipinski definition) is 4. The van der Waals surface area contributed by atoms with Crippen molar-refractivity contribution >= 4 is 34.3 Å². The molecule has 4 aromatic rings. The zero-order valence-corrected chi connectivity index (χ0v) is 21.3. The van der Waals surface area contributed by atoms with Crippen LogP contribution in [-0.2, 0) is 6.61 Å². The Morgan fingerprint density at radius 2 is 1.97 bits per heavy atom. The third-order valence-corrected chi connectivity index (χ3v) is 7.30. The minimum atomic E-state index is -0.446. The van der Waals surface area contributed by atoms with Crippen molar-refractivity contribution in [2.24, 2.45) is 16.5 Å². The molecule has 1 saturated carbocycles. The molecule has 0 spiro atoms. The summed E-state index contributed by atoms with van der Waals surface area (Å²) in [7, 11) is 0. The van der Waals surface area contributed by atoms with Gasteiger partial charge in [-0.05, 0) is 73.6 Å². The highest BCUT2D eigenvalue weighted by atomic mass is 35.5. The highest BCUT2D eigenvalue weighted by Gasteiger charge is 2.22. The predicted molar refractivity (Wildman–Crippen MR) is 147 cm³/mol. The number of aliphatic imine (C=N–C) groups is 1. The lowest BCUT2D eigenvalue weighted by atomic mass is 9.91. The molecule has 7 nitrogen and oxygen atoms in total. The van der Waals surface area contributed by atoms with Gasteiger partial charge in [0, 0.05) is 29.9 Å². The van der Waals surface area contributed by atoms with E-state index in [-0.39, 0.29) is 30.2 Å². The van der Waals surface area contributed by atoms with Gasteiger partial charge in [-0.3, -0.25) is 0 Å². The predicted octanol–water partition coefficient (Wildman–Crippen LogP) is 5.31. The van der Waals surface area contributed by atoms with Crippen molar-refractivity contribution < 1.29 is 9.50 Å². The summed E-state index contributed by atoms with van der Waals surface area (Å²) in [5, 5.41) is 18.2. The first-order chi connectivity index (χ1) is 17.8. The van der Waals surface area contributed by atoms with Gasteiger partial charge in [0.05, 0.1) is 40.3 Å². The van der Waals surface area contributed by atoms with Crippen molar-refractivity contribution in [1.82, 2.24) is 9.61 Å². The largest absolute Gasteiger partial charge is 0.392 e. The quantitative estimate of drug-likeness (QED) is 0.203. The number of nitrogens with one attached hydrogen (secondary N) is 1. The molecule has 1 aliphatic carbocycles. The van der Waals surface area contributed by atoms with E-state index in [9.17, 15) is 9.50 Å². The van der Waals surface area contributed by atoms with E-state index in [1.54, 1.807) is 6.20 Å². The Hall–Kier alpha value is -3.46. The molecular formula is C28H30ClFN6O. The summed E-state index contributed by atoms with van der Waals surface area (Å²) in [4.78, 5) is 4.45. The maximum Gasteiger partial charge on any atom is 0.135 e. The number of anilines is 1. The second kappa shape index (κ2) is 10.5. The fraction of sp³-hybridized carbons (Fsp3) is 0.286. The monoisotopic (exact) mass is 520 g/mol. The van der Waals surface area contributed by atoms with Crippen LogP contribution in [0.25, 0.3) is 16.6 Å². The van der Waals surface area contributed by atoms with Crippen LogP contribution in [0.2, 0.25) is 5.02 Å². The number of nitrogens with two attached hydrogens (primary N) is 2. The molecule has 0 radical (unpaired) electrons. The molecule has 9 heteroatoms. The zero-order valence-electron chi connectivity index (χ0n) is 20.6. The smallest absolute Gasteiger partial charge is 0.135 e. The van der Waals surface area contributed by atoms with Crippen molar-refractivity contribution in [1.29, 1.82) is 0 Å². The van der Waals surface area contributed by atoms with Crippen LogP contribution in [0.3, 0.4) is 0 Å². The molecule has 6 N–H and O–H groups in total. The van der Waals surface area contributed by atoms with Gasteiger partial charge in [-0.2, -0.15) is 5.10 Å². The van der Waals surface area contributed by atoms with E-state index in [0.717, 1.165) is 59.1 Å². The number of halogens is 2. The summed E-state index contributed by atoms with van der Waals surface area (Å²) in [5.74, 6) is -0.267. The number of hydrogen-bond acceptors (Lipinski definition) is 5. The lowest BCUT2D eigenvalue weighted by Crippen LogP contribution is -2.33. The fourth-order valence-electron chi connectivity index (χ4n) is 4.86. The highest BCUT2D eigenvalue weighted by Crippen LogP contribution is 2.33. The Kier molecular flexibility index (Phi) is 7.15. The second-order valence-electron chi connectivity index (χ2n) is 9.65. The molecule has 2 heterocycles. The van der Waals surface area contributed by atoms with Crippen LogP contribution in [0.15, 0.2) is 59.9 Å². The van der Waals surface area contributed by atoms with Crippen LogP contribution in [0.4, 0.5) is 15.8 Å². The maximum absolute atomic E-state index is 13.9. The summed E-state index contributed by atoms with van der Waals surface area (Å²) >= 11 is 6.25. The Balaban J connectivity index is 1.63. The topological polar surface area (TPSA) is 114 Å². The number of aliphatic hydroxyl groups is 1. The lowest BCUT2D eigenvalue weighted by molar-refractivity contribution is 0.282. The minimum Gasteiger partial charge on any atom is -0.392 e. The molecule has 0 aliphatic heterocycles. The number of rotatable bonds is 6. The molecule has 5 rings (SSSR count). The van der Waals surface area contributed by atoms with Gasteiger partial charge in [-0.15, -0.1) is 0 Å². The van der Waals surface area contributed by atoms with Crippen LogP contribution in [-0.4, -0.2) is 32.6 Å². The Morgan fingerprint density at radius 1 is 1.19 bits per heavy atom. The number of benzene rings is 2. The van der Waals surface area contributed by atoms with Crippen molar-refractivity contribution in [3.05, 3.63) is 82.4 Å². The third kappa shape index (κ3) is 5.32. The first-order valence-electron chi connectivity index (χ1n) is 12.4. The molecule has 0 saturated heterocycles. The van der Waals surface area contributed by atoms with E-state index in [2.05, 4.69) is 21.5 Å². The molecule has 1 aliphatic rings. The Labute approximate surface area is 220 Å². The van der Waals surface area contributed by atoms with E-state index in [1.807, 2.05) is 35.8 Å². The average molecular weight is 521 g/mol. The van der Waals surface area contributed by atoms with Gasteiger partial charge >= 0.3 is 0 Å². The summed E-state index contributed by atoms with van der Waals surface area (Å²) < 4.78 is 15.7. The molecular weight excluding hydrogens is 491 g/mol. The van der Waals surface area contributed by atoms with E-state index in [4.69, 9.17) is 23.1 Å². The minimum absolute atomic E-state index is 0.0324. The van der Waals surface area contributed by atoms with Gasteiger partial charge in [0.1, 0.15) is 11.7 Å². The molecule has 1 fully saturated rings. The molecule has 2 aromatic carbocycles. The SMILES string of the molecule is Cc1ccc(CO)cc1-c1cc2c(N[C@H]3CC[C@H](N)CC3)c(C(N)=Nc3cc(F)ccc3Cl)cnn2c1. The number of nitrogens with zero attached hydrogens (tertiary/aromatic N) is 3. The van der Waals surface area contributed by atoms with Crippen LogP contribution < -0.4 is 16.8 Å². The molecule has 0 bridgehead atoms. The van der Waals surface area contributed by atoms with Gasteiger partial charge in [-0.1, -0.05) is 23.7 Å². The number of amidine groups is 1. The van der Waals surface area contributed by atoms with E-state index >= 15 is 0 Å². The average Bonchev–Trinajstić information content (AvgIpc) is 3.32. The van der Waals surface area contributed by atoms with Crippen LogP contribution in [0.1, 0.15) is 42.4 Å². The van der Waals surface area contributed by atoms with Gasteiger partial charge in [0.2, 0.25) is 0 Å². The van der Waals surface area contributed by atoms with Crippen molar-refractivity contribution in [2.45, 2.75) is 51.3 Å². The van der Waals surface area contributed by atoms with Gasteiger partial charge in [0.25, 0.3) is 0 Å². The molecule has 37 heavy (non-hydrogen) atoms. The summed E-state index contributed by atoms with van der Waals surface area (Å²) in [6.07, 6.45) is 7.38. The number of fused-ring (bicyclic) bond motifs is 1. The van der Waals surface area contributed by atoms with Crippen molar-refractivity contribution in [3.63, 3.8) is 0 Å². The van der Waals surface area contributed by atoms with Crippen LogP contribution in [0.5, 0.6) is 0 Å². The fourth-order valence-corrected chi connectivity index (χ4v) is 5.02. The van der Waals surface area contributed by atoms with Gasteiger partial charge in [-0.25, -0.2) is 13.9 Å². The Morgan fingerprint density at radius 3 is 2.73 bits per heavy atom. The van der Waals surface area contributed by atoms with Crippen molar-refractivity contribution in [3.8, 4) is 11.1 Å². The van der Waals surface area contributed by atoms with E-state index in [0.29, 0.717) is 10.6 Å². The number of aryl methyl sites for hydroxylation is 1. The number of aromatic nitrogens is 2. The first kappa shape index (κ1) is 25.2. The van der Waals surface area contributed by atoms with Crippen molar-refractivity contribution in [2.75, 3.05) is 5.32 Å². The molecule has 192 valence electrons. The highest BCUT2D eigenvalue weighted by molar-refractivity contribution is 6.33. The normalized spacial score (nSPS) is 18.4. The van der Waals surface area contributed by atoms with Gasteiger partial charge < -0.3 is 21.9 Å².